The SMILES string of the molecule is CC(Oc1cccc2cccnc12)C(=O)NCCCN1Cc2ccccc2C1. The van der Waals surface area contributed by atoms with E-state index in [2.05, 4.69) is 39.5 Å². The van der Waals surface area contributed by atoms with Gasteiger partial charge in [-0.15, -0.1) is 0 Å². The fourth-order valence-electron chi connectivity index (χ4n) is 3.64. The number of benzene rings is 2. The number of carbonyl (C=O) groups is 1. The minimum Gasteiger partial charge on any atom is -0.479 e. The average molecular weight is 375 g/mol. The van der Waals surface area contributed by atoms with E-state index in [0.29, 0.717) is 12.3 Å². The molecule has 1 aliphatic heterocycles. The number of pyridine rings is 1. The number of carbonyl (C=O) groups excluding carboxylic acids is 1. The zero-order valence-corrected chi connectivity index (χ0v) is 16.1. The fraction of sp³-hybridized carbons (Fsp3) is 0.304. The molecule has 1 unspecified atom stereocenters. The molecule has 1 amide bonds. The largest absolute Gasteiger partial charge is 0.479 e. The van der Waals surface area contributed by atoms with Gasteiger partial charge in [0, 0.05) is 37.8 Å². The van der Waals surface area contributed by atoms with Crippen LogP contribution in [0.4, 0.5) is 0 Å². The Labute approximate surface area is 165 Å². The Hall–Kier alpha value is -2.92. The van der Waals surface area contributed by atoms with E-state index in [4.69, 9.17) is 4.74 Å². The summed E-state index contributed by atoms with van der Waals surface area (Å²) in [6.45, 7) is 5.38. The fourth-order valence-corrected chi connectivity index (χ4v) is 3.64. The van der Waals surface area contributed by atoms with Crippen LogP contribution in [0.3, 0.4) is 0 Å². The second-order valence-corrected chi connectivity index (χ2v) is 7.22. The Morgan fingerprint density at radius 2 is 1.86 bits per heavy atom. The summed E-state index contributed by atoms with van der Waals surface area (Å²) < 4.78 is 5.88. The van der Waals surface area contributed by atoms with E-state index in [9.17, 15) is 4.79 Å². The maximum absolute atomic E-state index is 12.4. The van der Waals surface area contributed by atoms with Crippen LogP contribution in [0.15, 0.2) is 60.8 Å². The molecular weight excluding hydrogens is 350 g/mol. The summed E-state index contributed by atoms with van der Waals surface area (Å²) in [4.78, 5) is 19.2. The smallest absolute Gasteiger partial charge is 0.260 e. The number of aromatic nitrogens is 1. The van der Waals surface area contributed by atoms with Crippen molar-refractivity contribution in [2.24, 2.45) is 0 Å². The molecule has 4 rings (SSSR count). The van der Waals surface area contributed by atoms with E-state index in [1.54, 1.807) is 13.1 Å². The maximum atomic E-state index is 12.4. The summed E-state index contributed by atoms with van der Waals surface area (Å²) in [6.07, 6.45) is 2.09. The molecule has 1 aliphatic rings. The van der Waals surface area contributed by atoms with Gasteiger partial charge in [-0.1, -0.05) is 42.5 Å². The van der Waals surface area contributed by atoms with Crippen molar-refractivity contribution < 1.29 is 9.53 Å². The standard InChI is InChI=1S/C23H25N3O2/c1-17(28-21-11-4-9-18-10-5-12-24-22(18)21)23(27)25-13-6-14-26-15-19-7-2-3-8-20(19)16-26/h2-5,7-12,17H,6,13-16H2,1H3,(H,25,27). The number of amides is 1. The van der Waals surface area contributed by atoms with Crippen LogP contribution in [0.25, 0.3) is 10.9 Å². The van der Waals surface area contributed by atoms with Crippen LogP contribution in [0.1, 0.15) is 24.5 Å². The molecule has 5 heteroatoms. The number of nitrogens with zero attached hydrogens (tertiary/aromatic N) is 2. The van der Waals surface area contributed by atoms with Crippen molar-refractivity contribution in [3.8, 4) is 5.75 Å². The molecule has 1 aromatic heterocycles. The Kier molecular flexibility index (Phi) is 5.53. The quantitative estimate of drug-likeness (QED) is 0.642. The summed E-state index contributed by atoms with van der Waals surface area (Å²) >= 11 is 0. The van der Waals surface area contributed by atoms with Crippen molar-refractivity contribution in [3.05, 3.63) is 71.9 Å². The van der Waals surface area contributed by atoms with Gasteiger partial charge in [0.05, 0.1) is 0 Å². The van der Waals surface area contributed by atoms with E-state index in [1.165, 1.54) is 11.1 Å². The number of hydrogen-bond acceptors (Lipinski definition) is 4. The second-order valence-electron chi connectivity index (χ2n) is 7.22. The Bertz CT molecular complexity index is 942. The Morgan fingerprint density at radius 3 is 2.64 bits per heavy atom. The normalized spacial score (nSPS) is 14.6. The predicted molar refractivity (Wildman–Crippen MR) is 110 cm³/mol. The first kappa shape index (κ1) is 18.4. The van der Waals surface area contributed by atoms with Crippen LogP contribution in [0, 0.1) is 0 Å². The van der Waals surface area contributed by atoms with Crippen molar-refractivity contribution in [1.82, 2.24) is 15.2 Å². The summed E-state index contributed by atoms with van der Waals surface area (Å²) in [7, 11) is 0. The molecule has 0 aliphatic carbocycles. The lowest BCUT2D eigenvalue weighted by Gasteiger charge is -2.17. The molecule has 3 aromatic rings. The highest BCUT2D eigenvalue weighted by Crippen LogP contribution is 2.24. The van der Waals surface area contributed by atoms with Gasteiger partial charge in [0.2, 0.25) is 0 Å². The van der Waals surface area contributed by atoms with Crippen LogP contribution >= 0.6 is 0 Å². The van der Waals surface area contributed by atoms with E-state index >= 15 is 0 Å². The highest BCUT2D eigenvalue weighted by Gasteiger charge is 2.18. The first-order valence-electron chi connectivity index (χ1n) is 9.78. The van der Waals surface area contributed by atoms with Crippen LogP contribution in [-0.4, -0.2) is 35.0 Å². The van der Waals surface area contributed by atoms with Gasteiger partial charge in [0.15, 0.2) is 6.10 Å². The molecule has 28 heavy (non-hydrogen) atoms. The van der Waals surface area contributed by atoms with Crippen molar-refractivity contribution in [3.63, 3.8) is 0 Å². The lowest BCUT2D eigenvalue weighted by atomic mass is 10.1. The van der Waals surface area contributed by atoms with Crippen LogP contribution in [0.2, 0.25) is 0 Å². The third-order valence-electron chi connectivity index (χ3n) is 5.13. The summed E-state index contributed by atoms with van der Waals surface area (Å²) in [5.74, 6) is 0.535. The van der Waals surface area contributed by atoms with Gasteiger partial charge in [-0.2, -0.15) is 0 Å². The number of para-hydroxylation sites is 1. The van der Waals surface area contributed by atoms with Crippen molar-refractivity contribution >= 4 is 16.8 Å². The summed E-state index contributed by atoms with van der Waals surface area (Å²) in [5.41, 5.74) is 3.60. The van der Waals surface area contributed by atoms with Gasteiger partial charge >= 0.3 is 0 Å². The molecule has 144 valence electrons. The van der Waals surface area contributed by atoms with Gasteiger partial charge in [-0.25, -0.2) is 0 Å². The molecule has 2 heterocycles. The van der Waals surface area contributed by atoms with E-state index in [0.717, 1.165) is 37.0 Å². The topological polar surface area (TPSA) is 54.5 Å². The highest BCUT2D eigenvalue weighted by molar-refractivity contribution is 5.85. The molecule has 1 N–H and O–H groups in total. The van der Waals surface area contributed by atoms with Gasteiger partial charge < -0.3 is 10.1 Å². The summed E-state index contributed by atoms with van der Waals surface area (Å²) in [6, 6.07) is 18.2. The minimum absolute atomic E-state index is 0.0994. The molecule has 0 radical (unpaired) electrons. The molecule has 1 atom stereocenters. The molecular formula is C23H25N3O2. The highest BCUT2D eigenvalue weighted by atomic mass is 16.5. The zero-order valence-electron chi connectivity index (χ0n) is 16.1. The molecule has 0 bridgehead atoms. The van der Waals surface area contributed by atoms with Crippen molar-refractivity contribution in [2.75, 3.05) is 13.1 Å². The third kappa shape index (κ3) is 4.15. The number of fused-ring (bicyclic) bond motifs is 2. The number of nitrogens with one attached hydrogen (secondary N) is 1. The number of rotatable bonds is 7. The lowest BCUT2D eigenvalue weighted by molar-refractivity contribution is -0.127. The minimum atomic E-state index is -0.566. The van der Waals surface area contributed by atoms with Gasteiger partial charge in [-0.3, -0.25) is 14.7 Å². The zero-order chi connectivity index (χ0) is 19.3. The lowest BCUT2D eigenvalue weighted by Crippen LogP contribution is -2.37. The molecule has 0 saturated carbocycles. The van der Waals surface area contributed by atoms with E-state index in [-0.39, 0.29) is 5.91 Å². The van der Waals surface area contributed by atoms with Crippen molar-refractivity contribution in [2.45, 2.75) is 32.5 Å². The monoisotopic (exact) mass is 375 g/mol. The van der Waals surface area contributed by atoms with Crippen LogP contribution < -0.4 is 10.1 Å². The van der Waals surface area contributed by atoms with Gasteiger partial charge in [0.25, 0.3) is 5.91 Å². The molecule has 5 nitrogen and oxygen atoms in total. The van der Waals surface area contributed by atoms with Crippen molar-refractivity contribution in [1.29, 1.82) is 0 Å². The Balaban J connectivity index is 1.23. The number of ether oxygens (including phenoxy) is 1. The summed E-state index contributed by atoms with van der Waals surface area (Å²) in [5, 5.41) is 3.98. The predicted octanol–water partition coefficient (Wildman–Crippen LogP) is 3.52. The molecule has 0 saturated heterocycles. The van der Waals surface area contributed by atoms with Crippen LogP contribution in [0.5, 0.6) is 5.75 Å². The van der Waals surface area contributed by atoms with Gasteiger partial charge in [-0.05, 0) is 36.6 Å². The first-order valence-corrected chi connectivity index (χ1v) is 9.78. The van der Waals surface area contributed by atoms with Gasteiger partial charge in [0.1, 0.15) is 11.3 Å². The molecule has 2 aromatic carbocycles. The third-order valence-corrected chi connectivity index (χ3v) is 5.13. The molecule has 0 fully saturated rings. The first-order chi connectivity index (χ1) is 13.7. The number of hydrogen-bond donors (Lipinski definition) is 1. The van der Waals surface area contributed by atoms with E-state index < -0.39 is 6.10 Å². The van der Waals surface area contributed by atoms with Crippen LogP contribution in [-0.2, 0) is 17.9 Å². The Morgan fingerprint density at radius 1 is 1.11 bits per heavy atom. The average Bonchev–Trinajstić information content (AvgIpc) is 3.14. The van der Waals surface area contributed by atoms with E-state index in [1.807, 2.05) is 30.3 Å². The molecule has 0 spiro atoms. The second kappa shape index (κ2) is 8.40. The maximum Gasteiger partial charge on any atom is 0.260 e.